The zero-order valence-electron chi connectivity index (χ0n) is 11.2. The second kappa shape index (κ2) is 6.44. The van der Waals surface area contributed by atoms with Gasteiger partial charge in [0.15, 0.2) is 0 Å². The number of nitrogens with two attached hydrogens (primary N) is 1. The molecule has 1 aromatic carbocycles. The summed E-state index contributed by atoms with van der Waals surface area (Å²) in [6, 6.07) is 4.83. The van der Waals surface area contributed by atoms with Crippen molar-refractivity contribution in [3.05, 3.63) is 35.1 Å². The van der Waals surface area contributed by atoms with Crippen LogP contribution in [0.5, 0.6) is 0 Å². The maximum Gasteiger partial charge on any atom is 0.129 e. The first-order chi connectivity index (χ1) is 9.06. The molecule has 0 atom stereocenters. The number of halogens is 1. The number of rotatable bonds is 4. The number of benzene rings is 1. The third-order valence-electron chi connectivity index (χ3n) is 3.78. The van der Waals surface area contributed by atoms with Crippen molar-refractivity contribution >= 4 is 17.2 Å². The van der Waals surface area contributed by atoms with Crippen molar-refractivity contribution in [2.75, 3.05) is 0 Å². The summed E-state index contributed by atoms with van der Waals surface area (Å²) >= 11 is 4.82. The SMILES string of the molecule is CC1CCC(OCc2ccc(C(N)=S)cc2F)CC1. The highest BCUT2D eigenvalue weighted by Gasteiger charge is 2.19. The number of thiocarbonyl (C=S) groups is 1. The van der Waals surface area contributed by atoms with Crippen LogP contribution in [0, 0.1) is 11.7 Å². The summed E-state index contributed by atoms with van der Waals surface area (Å²) in [4.78, 5) is 0.215. The van der Waals surface area contributed by atoms with Crippen molar-refractivity contribution in [2.24, 2.45) is 11.7 Å². The Balaban J connectivity index is 1.91. The molecule has 0 aromatic heterocycles. The average molecular weight is 281 g/mol. The van der Waals surface area contributed by atoms with E-state index in [0.717, 1.165) is 18.8 Å². The number of hydrogen-bond donors (Lipinski definition) is 1. The topological polar surface area (TPSA) is 35.2 Å². The van der Waals surface area contributed by atoms with E-state index in [9.17, 15) is 4.39 Å². The van der Waals surface area contributed by atoms with Crippen LogP contribution in [-0.4, -0.2) is 11.1 Å². The van der Waals surface area contributed by atoms with Gasteiger partial charge in [-0.15, -0.1) is 0 Å². The van der Waals surface area contributed by atoms with E-state index in [1.165, 1.54) is 18.9 Å². The molecule has 1 aliphatic carbocycles. The molecule has 1 aliphatic rings. The fourth-order valence-corrected chi connectivity index (χ4v) is 2.55. The normalized spacial score (nSPS) is 23.3. The van der Waals surface area contributed by atoms with Gasteiger partial charge < -0.3 is 10.5 Å². The smallest absolute Gasteiger partial charge is 0.129 e. The first-order valence-corrected chi connectivity index (χ1v) is 7.17. The highest BCUT2D eigenvalue weighted by molar-refractivity contribution is 7.80. The fourth-order valence-electron chi connectivity index (χ4n) is 2.42. The molecule has 0 radical (unpaired) electrons. The lowest BCUT2D eigenvalue weighted by atomic mass is 9.89. The molecule has 4 heteroatoms. The van der Waals surface area contributed by atoms with Crippen LogP contribution in [0.1, 0.15) is 43.7 Å². The van der Waals surface area contributed by atoms with Gasteiger partial charge in [-0.1, -0.05) is 31.3 Å². The van der Waals surface area contributed by atoms with Crippen LogP contribution in [-0.2, 0) is 11.3 Å². The summed E-state index contributed by atoms with van der Waals surface area (Å²) in [5.41, 5.74) is 6.60. The van der Waals surface area contributed by atoms with Crippen molar-refractivity contribution < 1.29 is 9.13 Å². The third kappa shape index (κ3) is 3.98. The molecule has 19 heavy (non-hydrogen) atoms. The first kappa shape index (κ1) is 14.4. The molecule has 0 heterocycles. The second-order valence-corrected chi connectivity index (χ2v) is 5.80. The molecule has 0 aliphatic heterocycles. The van der Waals surface area contributed by atoms with Gasteiger partial charge in [-0.25, -0.2) is 4.39 Å². The van der Waals surface area contributed by atoms with E-state index >= 15 is 0 Å². The quantitative estimate of drug-likeness (QED) is 0.857. The van der Waals surface area contributed by atoms with Crippen LogP contribution in [0.15, 0.2) is 18.2 Å². The van der Waals surface area contributed by atoms with E-state index in [0.29, 0.717) is 17.7 Å². The van der Waals surface area contributed by atoms with E-state index in [1.807, 2.05) is 0 Å². The molecule has 0 amide bonds. The molecule has 2 rings (SSSR count). The van der Waals surface area contributed by atoms with Gasteiger partial charge in [0.05, 0.1) is 12.7 Å². The predicted molar refractivity (Wildman–Crippen MR) is 78.5 cm³/mol. The summed E-state index contributed by atoms with van der Waals surface area (Å²) in [5.74, 6) is 0.496. The summed E-state index contributed by atoms with van der Waals surface area (Å²) in [5, 5.41) is 0. The Morgan fingerprint density at radius 3 is 2.63 bits per heavy atom. The maximum atomic E-state index is 13.8. The van der Waals surface area contributed by atoms with Crippen LogP contribution in [0.4, 0.5) is 4.39 Å². The molecule has 1 aromatic rings. The molecule has 2 nitrogen and oxygen atoms in total. The van der Waals surface area contributed by atoms with Gasteiger partial charge in [0, 0.05) is 11.1 Å². The van der Waals surface area contributed by atoms with Crippen molar-refractivity contribution in [3.63, 3.8) is 0 Å². The van der Waals surface area contributed by atoms with Gasteiger partial charge in [-0.05, 0) is 37.7 Å². The maximum absolute atomic E-state index is 13.8. The molecule has 1 saturated carbocycles. The van der Waals surface area contributed by atoms with Gasteiger partial charge in [-0.2, -0.15) is 0 Å². The lowest BCUT2D eigenvalue weighted by molar-refractivity contribution is 0.00759. The van der Waals surface area contributed by atoms with Gasteiger partial charge >= 0.3 is 0 Å². The third-order valence-corrected chi connectivity index (χ3v) is 4.01. The highest BCUT2D eigenvalue weighted by atomic mass is 32.1. The minimum Gasteiger partial charge on any atom is -0.389 e. The molecule has 2 N–H and O–H groups in total. The lowest BCUT2D eigenvalue weighted by Gasteiger charge is -2.26. The Kier molecular flexibility index (Phi) is 4.88. The fraction of sp³-hybridized carbons (Fsp3) is 0.533. The minimum atomic E-state index is -0.297. The summed E-state index contributed by atoms with van der Waals surface area (Å²) in [7, 11) is 0. The molecule has 0 saturated heterocycles. The Labute approximate surface area is 119 Å². The van der Waals surface area contributed by atoms with Crippen molar-refractivity contribution in [1.29, 1.82) is 0 Å². The lowest BCUT2D eigenvalue weighted by Crippen LogP contribution is -2.20. The average Bonchev–Trinajstić information content (AvgIpc) is 2.39. The van der Waals surface area contributed by atoms with Gasteiger partial charge in [0.25, 0.3) is 0 Å². The van der Waals surface area contributed by atoms with Crippen LogP contribution in [0.2, 0.25) is 0 Å². The molecular weight excluding hydrogens is 261 g/mol. The number of hydrogen-bond acceptors (Lipinski definition) is 2. The predicted octanol–water partition coefficient (Wildman–Crippen LogP) is 3.56. The summed E-state index contributed by atoms with van der Waals surface area (Å²) in [6.07, 6.45) is 4.83. The summed E-state index contributed by atoms with van der Waals surface area (Å²) < 4.78 is 19.6. The molecular formula is C15H20FNOS. The van der Waals surface area contributed by atoms with E-state index in [-0.39, 0.29) is 16.9 Å². The van der Waals surface area contributed by atoms with Crippen molar-refractivity contribution in [1.82, 2.24) is 0 Å². The Bertz CT molecular complexity index is 455. The molecule has 0 bridgehead atoms. The van der Waals surface area contributed by atoms with Crippen LogP contribution in [0.3, 0.4) is 0 Å². The van der Waals surface area contributed by atoms with Gasteiger partial charge in [0.2, 0.25) is 0 Å². The van der Waals surface area contributed by atoms with E-state index in [1.54, 1.807) is 12.1 Å². The van der Waals surface area contributed by atoms with E-state index in [2.05, 4.69) is 6.92 Å². The van der Waals surface area contributed by atoms with Gasteiger partial charge in [-0.3, -0.25) is 0 Å². The van der Waals surface area contributed by atoms with Crippen molar-refractivity contribution in [2.45, 2.75) is 45.3 Å². The van der Waals surface area contributed by atoms with Crippen molar-refractivity contribution in [3.8, 4) is 0 Å². The molecule has 0 spiro atoms. The minimum absolute atomic E-state index is 0.215. The van der Waals surface area contributed by atoms with Gasteiger partial charge in [0.1, 0.15) is 10.8 Å². The zero-order chi connectivity index (χ0) is 13.8. The molecule has 104 valence electrons. The van der Waals surface area contributed by atoms with E-state index in [4.69, 9.17) is 22.7 Å². The Hall–Kier alpha value is -1.00. The van der Waals surface area contributed by atoms with E-state index < -0.39 is 0 Å². The second-order valence-electron chi connectivity index (χ2n) is 5.36. The molecule has 0 unspecified atom stereocenters. The van der Waals surface area contributed by atoms with Crippen LogP contribution < -0.4 is 5.73 Å². The Morgan fingerprint density at radius 1 is 1.37 bits per heavy atom. The number of ether oxygens (including phenoxy) is 1. The largest absolute Gasteiger partial charge is 0.389 e. The first-order valence-electron chi connectivity index (χ1n) is 6.76. The summed E-state index contributed by atoms with van der Waals surface area (Å²) in [6.45, 7) is 2.59. The zero-order valence-corrected chi connectivity index (χ0v) is 12.0. The van der Waals surface area contributed by atoms with Crippen LogP contribution in [0.25, 0.3) is 0 Å². The monoisotopic (exact) mass is 281 g/mol. The highest BCUT2D eigenvalue weighted by Crippen LogP contribution is 2.26. The van der Waals surface area contributed by atoms with Crippen LogP contribution >= 0.6 is 12.2 Å². The Morgan fingerprint density at radius 2 is 2.05 bits per heavy atom. The molecule has 1 fully saturated rings. The standard InChI is InChI=1S/C15H20FNOS/c1-10-2-6-13(7-3-10)18-9-12-5-4-11(15(17)19)8-14(12)16/h4-5,8,10,13H,2-3,6-7,9H2,1H3,(H2,17,19).